The molecule has 0 amide bonds. The van der Waals surface area contributed by atoms with Crippen LogP contribution in [0.15, 0.2) is 24.3 Å². The number of carboxylic acids is 1. The average molecular weight is 282 g/mol. The zero-order valence-corrected chi connectivity index (χ0v) is 11.1. The number of carbonyl (C=O) groups is 1. The standard InChI is InChI=1S/C12H14N2O4S/c1-9(7-13)19(17,18)14-8-11-5-3-2-4-10(11)6-12(15)16/h2-5,9,14H,6,8H2,1H3,(H,15,16). The third kappa shape index (κ3) is 4.35. The van der Waals surface area contributed by atoms with Gasteiger partial charge in [0.1, 0.15) is 0 Å². The van der Waals surface area contributed by atoms with Gasteiger partial charge in [0.2, 0.25) is 10.0 Å². The van der Waals surface area contributed by atoms with E-state index in [1.54, 1.807) is 30.3 Å². The van der Waals surface area contributed by atoms with Gasteiger partial charge in [0.05, 0.1) is 12.5 Å². The lowest BCUT2D eigenvalue weighted by Gasteiger charge is -2.10. The fourth-order valence-electron chi connectivity index (χ4n) is 1.44. The molecule has 0 radical (unpaired) electrons. The molecule has 1 rings (SSSR count). The highest BCUT2D eigenvalue weighted by atomic mass is 32.2. The average Bonchev–Trinajstić information content (AvgIpc) is 2.36. The van der Waals surface area contributed by atoms with Gasteiger partial charge in [-0.15, -0.1) is 0 Å². The second-order valence-corrected chi connectivity index (χ2v) is 6.06. The van der Waals surface area contributed by atoms with Crippen LogP contribution in [-0.2, 0) is 27.8 Å². The van der Waals surface area contributed by atoms with Crippen LogP contribution in [0.3, 0.4) is 0 Å². The summed E-state index contributed by atoms with van der Waals surface area (Å²) < 4.78 is 25.5. The van der Waals surface area contributed by atoms with E-state index in [9.17, 15) is 13.2 Å². The molecule has 0 fully saturated rings. The molecule has 0 aromatic heterocycles. The number of carboxylic acid groups (broad SMARTS) is 1. The maximum atomic E-state index is 11.6. The van der Waals surface area contributed by atoms with Gasteiger partial charge in [-0.2, -0.15) is 5.26 Å². The summed E-state index contributed by atoms with van der Waals surface area (Å²) in [6.07, 6.45) is -0.175. The molecule has 6 nitrogen and oxygen atoms in total. The molecule has 0 aliphatic heterocycles. The predicted octanol–water partition coefficient (Wildman–Crippen LogP) is 0.645. The van der Waals surface area contributed by atoms with Crippen molar-refractivity contribution in [3.8, 4) is 6.07 Å². The summed E-state index contributed by atoms with van der Waals surface area (Å²) in [6, 6.07) is 8.31. The minimum atomic E-state index is -3.71. The van der Waals surface area contributed by atoms with Crippen molar-refractivity contribution >= 4 is 16.0 Å². The Bertz CT molecular complexity index is 604. The highest BCUT2D eigenvalue weighted by Crippen LogP contribution is 2.10. The Morgan fingerprint density at radius 1 is 1.42 bits per heavy atom. The Morgan fingerprint density at radius 3 is 2.53 bits per heavy atom. The van der Waals surface area contributed by atoms with E-state index in [0.29, 0.717) is 11.1 Å². The van der Waals surface area contributed by atoms with E-state index < -0.39 is 21.2 Å². The van der Waals surface area contributed by atoms with E-state index in [0.717, 1.165) is 0 Å². The molecule has 1 atom stereocenters. The van der Waals surface area contributed by atoms with Crippen molar-refractivity contribution in [3.05, 3.63) is 35.4 Å². The van der Waals surface area contributed by atoms with E-state index in [1.165, 1.54) is 6.92 Å². The first kappa shape index (κ1) is 15.1. The number of hydrogen-bond donors (Lipinski definition) is 2. The molecule has 19 heavy (non-hydrogen) atoms. The van der Waals surface area contributed by atoms with Crippen LogP contribution in [0.1, 0.15) is 18.1 Å². The molecule has 7 heteroatoms. The van der Waals surface area contributed by atoms with Crippen LogP contribution >= 0.6 is 0 Å². The van der Waals surface area contributed by atoms with Crippen molar-refractivity contribution < 1.29 is 18.3 Å². The van der Waals surface area contributed by atoms with E-state index >= 15 is 0 Å². The van der Waals surface area contributed by atoms with Crippen LogP contribution in [0.4, 0.5) is 0 Å². The smallest absolute Gasteiger partial charge is 0.307 e. The summed E-state index contributed by atoms with van der Waals surface area (Å²) in [5.41, 5.74) is 1.13. The van der Waals surface area contributed by atoms with Gasteiger partial charge in [-0.3, -0.25) is 4.79 Å². The molecular formula is C12H14N2O4S. The Kier molecular flexibility index (Phi) is 5.03. The van der Waals surface area contributed by atoms with Gasteiger partial charge in [0.25, 0.3) is 0 Å². The van der Waals surface area contributed by atoms with Crippen LogP contribution in [0.25, 0.3) is 0 Å². The Balaban J connectivity index is 2.84. The summed E-state index contributed by atoms with van der Waals surface area (Å²) in [7, 11) is -3.71. The second kappa shape index (κ2) is 6.31. The summed E-state index contributed by atoms with van der Waals surface area (Å²) >= 11 is 0. The van der Waals surface area contributed by atoms with Gasteiger partial charge in [0.15, 0.2) is 5.25 Å². The molecule has 0 heterocycles. The highest BCUT2D eigenvalue weighted by Gasteiger charge is 2.19. The van der Waals surface area contributed by atoms with Gasteiger partial charge in [0, 0.05) is 6.54 Å². The van der Waals surface area contributed by atoms with Crippen molar-refractivity contribution in [1.82, 2.24) is 4.72 Å². The highest BCUT2D eigenvalue weighted by molar-refractivity contribution is 7.90. The minimum Gasteiger partial charge on any atom is -0.481 e. The van der Waals surface area contributed by atoms with E-state index in [2.05, 4.69) is 4.72 Å². The van der Waals surface area contributed by atoms with Crippen molar-refractivity contribution in [2.45, 2.75) is 25.1 Å². The lowest BCUT2D eigenvalue weighted by atomic mass is 10.1. The fraction of sp³-hybridized carbons (Fsp3) is 0.333. The number of hydrogen-bond acceptors (Lipinski definition) is 4. The first-order valence-corrected chi connectivity index (χ1v) is 7.08. The molecule has 0 saturated carbocycles. The molecule has 0 spiro atoms. The molecule has 102 valence electrons. The predicted molar refractivity (Wildman–Crippen MR) is 68.6 cm³/mol. The largest absolute Gasteiger partial charge is 0.481 e. The van der Waals surface area contributed by atoms with Crippen molar-refractivity contribution in [3.63, 3.8) is 0 Å². The molecule has 0 saturated heterocycles. The number of nitrogens with zero attached hydrogens (tertiary/aromatic N) is 1. The van der Waals surface area contributed by atoms with Gasteiger partial charge in [-0.05, 0) is 18.1 Å². The third-order valence-corrected chi connectivity index (χ3v) is 4.15. The monoisotopic (exact) mass is 282 g/mol. The quantitative estimate of drug-likeness (QED) is 0.796. The van der Waals surface area contributed by atoms with Gasteiger partial charge >= 0.3 is 5.97 Å². The van der Waals surface area contributed by atoms with Gasteiger partial charge in [-0.25, -0.2) is 13.1 Å². The summed E-state index contributed by atoms with van der Waals surface area (Å²) in [5.74, 6) is -0.985. The molecule has 0 aliphatic rings. The molecule has 1 aromatic carbocycles. The number of nitriles is 1. The SMILES string of the molecule is CC(C#N)S(=O)(=O)NCc1ccccc1CC(=O)O. The molecular weight excluding hydrogens is 268 g/mol. The molecule has 1 unspecified atom stereocenters. The van der Waals surface area contributed by atoms with Crippen molar-refractivity contribution in [2.24, 2.45) is 0 Å². The van der Waals surface area contributed by atoms with Crippen LogP contribution in [0.5, 0.6) is 0 Å². The lowest BCUT2D eigenvalue weighted by Crippen LogP contribution is -2.31. The van der Waals surface area contributed by atoms with Crippen LogP contribution < -0.4 is 4.72 Å². The normalized spacial score (nSPS) is 12.6. The van der Waals surface area contributed by atoms with Crippen LogP contribution in [0.2, 0.25) is 0 Å². The molecule has 2 N–H and O–H groups in total. The van der Waals surface area contributed by atoms with Crippen LogP contribution in [0, 0.1) is 11.3 Å². The molecule has 1 aromatic rings. The topological polar surface area (TPSA) is 107 Å². The van der Waals surface area contributed by atoms with Gasteiger partial charge < -0.3 is 5.11 Å². The number of rotatable bonds is 6. The first-order valence-electron chi connectivity index (χ1n) is 5.53. The maximum absolute atomic E-state index is 11.6. The van der Waals surface area contributed by atoms with Crippen molar-refractivity contribution in [1.29, 1.82) is 5.26 Å². The number of nitrogens with one attached hydrogen (secondary N) is 1. The Hall–Kier alpha value is -1.91. The number of sulfonamides is 1. The number of benzene rings is 1. The van der Waals surface area contributed by atoms with Crippen molar-refractivity contribution in [2.75, 3.05) is 0 Å². The summed E-state index contributed by atoms with van der Waals surface area (Å²) in [5, 5.41) is 16.2. The van der Waals surface area contributed by atoms with Gasteiger partial charge in [-0.1, -0.05) is 24.3 Å². The van der Waals surface area contributed by atoms with E-state index in [1.807, 2.05) is 0 Å². The third-order valence-electron chi connectivity index (χ3n) is 2.57. The zero-order valence-electron chi connectivity index (χ0n) is 10.3. The summed E-state index contributed by atoms with van der Waals surface area (Å²) in [6.45, 7) is 1.25. The Morgan fingerprint density at radius 2 is 2.00 bits per heavy atom. The van der Waals surface area contributed by atoms with E-state index in [4.69, 9.17) is 10.4 Å². The summed E-state index contributed by atoms with van der Waals surface area (Å²) in [4.78, 5) is 10.7. The number of aliphatic carboxylic acids is 1. The zero-order chi connectivity index (χ0) is 14.5. The second-order valence-electron chi connectivity index (χ2n) is 3.98. The van der Waals surface area contributed by atoms with Crippen LogP contribution in [-0.4, -0.2) is 24.7 Å². The van der Waals surface area contributed by atoms with E-state index in [-0.39, 0.29) is 13.0 Å². The molecule has 0 aliphatic carbocycles. The molecule has 0 bridgehead atoms. The Labute approximate surface area is 111 Å². The first-order chi connectivity index (χ1) is 8.86. The lowest BCUT2D eigenvalue weighted by molar-refractivity contribution is -0.136. The maximum Gasteiger partial charge on any atom is 0.307 e. The minimum absolute atomic E-state index is 0.0300. The fourth-order valence-corrected chi connectivity index (χ4v) is 2.18.